The maximum atomic E-state index is 13.3. The average molecular weight is 630 g/mol. The Morgan fingerprint density at radius 1 is 0.978 bits per heavy atom. The number of imide groups is 1. The second-order valence-corrected chi connectivity index (χ2v) is 12.1. The molecule has 3 fully saturated rings. The molecule has 3 aromatic rings. The Morgan fingerprint density at radius 2 is 1.76 bits per heavy atom. The van der Waals surface area contributed by atoms with Gasteiger partial charge in [-0.1, -0.05) is 73.7 Å². The molecule has 3 saturated heterocycles. The highest BCUT2D eigenvalue weighted by Crippen LogP contribution is 2.42. The van der Waals surface area contributed by atoms with Crippen molar-refractivity contribution in [1.29, 1.82) is 0 Å². The second-order valence-electron chi connectivity index (χ2n) is 12.1. The van der Waals surface area contributed by atoms with Crippen molar-refractivity contribution in [2.45, 2.75) is 63.6 Å². The number of anilines is 1. The van der Waals surface area contributed by atoms with Gasteiger partial charge in [-0.3, -0.25) is 14.5 Å². The molecule has 0 bridgehead atoms. The number of ether oxygens (including phenoxy) is 3. The predicted molar refractivity (Wildman–Crippen MR) is 167 cm³/mol. The van der Waals surface area contributed by atoms with Gasteiger partial charge in [0.1, 0.15) is 12.6 Å². The lowest BCUT2D eigenvalue weighted by molar-refractivity contribution is -0.276. The summed E-state index contributed by atoms with van der Waals surface area (Å²) in [7, 11) is 0. The quantitative estimate of drug-likeness (QED) is 0.303. The molecule has 242 valence electrons. The topological polar surface area (TPSA) is 138 Å². The Hall–Kier alpha value is -4.13. The first-order chi connectivity index (χ1) is 22.3. The Bertz CT molecular complexity index is 1530. The van der Waals surface area contributed by atoms with Gasteiger partial charge in [0.2, 0.25) is 5.91 Å². The highest BCUT2D eigenvalue weighted by molar-refractivity contribution is 6.22. The van der Waals surface area contributed by atoms with E-state index in [0.717, 1.165) is 28.1 Å². The fourth-order valence-electron chi connectivity index (χ4n) is 6.29. The van der Waals surface area contributed by atoms with Crippen LogP contribution in [-0.2, 0) is 37.0 Å². The van der Waals surface area contributed by atoms with E-state index in [0.29, 0.717) is 30.8 Å². The predicted octanol–water partition coefficient (Wildman–Crippen LogP) is 3.60. The van der Waals surface area contributed by atoms with Crippen LogP contribution in [0.1, 0.15) is 54.4 Å². The van der Waals surface area contributed by atoms with E-state index < -0.39 is 30.2 Å². The first-order valence-electron chi connectivity index (χ1n) is 15.6. The van der Waals surface area contributed by atoms with E-state index in [9.17, 15) is 24.6 Å². The van der Waals surface area contributed by atoms with Crippen molar-refractivity contribution in [1.82, 2.24) is 10.2 Å². The molecule has 3 aliphatic rings. The molecule has 11 nitrogen and oxygen atoms in total. The first kappa shape index (κ1) is 31.8. The van der Waals surface area contributed by atoms with Gasteiger partial charge in [0, 0.05) is 31.1 Å². The third-order valence-corrected chi connectivity index (χ3v) is 8.86. The van der Waals surface area contributed by atoms with E-state index in [1.807, 2.05) is 60.7 Å². The number of likely N-dealkylation sites (tertiary alicyclic amines) is 1. The zero-order valence-electron chi connectivity index (χ0n) is 25.7. The van der Waals surface area contributed by atoms with Crippen LogP contribution in [0.2, 0.25) is 0 Å². The second kappa shape index (κ2) is 14.1. The lowest BCUT2D eigenvalue weighted by Gasteiger charge is -2.42. The number of nitrogens with one attached hydrogen (secondary N) is 1. The maximum absolute atomic E-state index is 13.3. The number of aliphatic hydroxyl groups excluding tert-OH is 2. The number of aliphatic hydroxyl groups is 2. The SMILES string of the molecule is C[C@@H]1[C@H](CN2CC[C@H](O)C2)O[C@H](c2cccc(N3C(=O)CC(NC(=O)OCc4ccccc4)C3=O)c2)O[C@@H]1c1ccc(CO)cc1. The van der Waals surface area contributed by atoms with Gasteiger partial charge in [-0.25, -0.2) is 9.69 Å². The van der Waals surface area contributed by atoms with Crippen LogP contribution in [0.4, 0.5) is 10.5 Å². The third kappa shape index (κ3) is 7.14. The number of alkyl carbamates (subject to hydrolysis) is 1. The molecular formula is C35H39N3O8. The van der Waals surface area contributed by atoms with Crippen molar-refractivity contribution >= 4 is 23.6 Å². The molecule has 0 saturated carbocycles. The van der Waals surface area contributed by atoms with E-state index in [1.54, 1.807) is 18.2 Å². The Kier molecular flexibility index (Phi) is 9.76. The Balaban J connectivity index is 1.18. The molecule has 1 unspecified atom stereocenters. The van der Waals surface area contributed by atoms with E-state index in [2.05, 4.69) is 17.1 Å². The minimum atomic E-state index is -1.05. The molecule has 0 spiro atoms. The number of carbonyl (C=O) groups excluding carboxylic acids is 3. The highest BCUT2D eigenvalue weighted by Gasteiger charge is 2.42. The summed E-state index contributed by atoms with van der Waals surface area (Å²) in [6.45, 7) is 4.03. The summed E-state index contributed by atoms with van der Waals surface area (Å²) in [5.41, 5.74) is 3.53. The van der Waals surface area contributed by atoms with Crippen molar-refractivity contribution in [3.63, 3.8) is 0 Å². The number of hydrogen-bond donors (Lipinski definition) is 3. The van der Waals surface area contributed by atoms with Crippen molar-refractivity contribution < 1.29 is 38.8 Å². The van der Waals surface area contributed by atoms with Gasteiger partial charge in [-0.2, -0.15) is 0 Å². The van der Waals surface area contributed by atoms with Gasteiger partial charge in [0.15, 0.2) is 6.29 Å². The van der Waals surface area contributed by atoms with Crippen molar-refractivity contribution in [2.75, 3.05) is 24.5 Å². The molecule has 3 aromatic carbocycles. The largest absolute Gasteiger partial charge is 0.445 e. The van der Waals surface area contributed by atoms with Crippen LogP contribution in [0.3, 0.4) is 0 Å². The number of hydrogen-bond acceptors (Lipinski definition) is 9. The monoisotopic (exact) mass is 629 g/mol. The smallest absolute Gasteiger partial charge is 0.408 e. The molecule has 6 rings (SSSR count). The summed E-state index contributed by atoms with van der Waals surface area (Å²) >= 11 is 0. The number of rotatable bonds is 9. The summed E-state index contributed by atoms with van der Waals surface area (Å²) in [5.74, 6) is -1.03. The van der Waals surface area contributed by atoms with Gasteiger partial charge in [0.05, 0.1) is 37.0 Å². The number of benzene rings is 3. The van der Waals surface area contributed by atoms with Crippen LogP contribution in [-0.4, -0.2) is 70.9 Å². The van der Waals surface area contributed by atoms with Gasteiger partial charge >= 0.3 is 6.09 Å². The summed E-state index contributed by atoms with van der Waals surface area (Å²) in [4.78, 5) is 42.1. The molecule has 46 heavy (non-hydrogen) atoms. The third-order valence-electron chi connectivity index (χ3n) is 8.86. The molecule has 3 aliphatic heterocycles. The summed E-state index contributed by atoms with van der Waals surface area (Å²) in [5, 5.41) is 22.2. The van der Waals surface area contributed by atoms with Crippen LogP contribution in [0.5, 0.6) is 0 Å². The molecule has 11 heteroatoms. The maximum Gasteiger partial charge on any atom is 0.408 e. The fourth-order valence-corrected chi connectivity index (χ4v) is 6.29. The zero-order valence-corrected chi connectivity index (χ0v) is 25.7. The molecule has 0 aromatic heterocycles. The Labute approximate surface area is 267 Å². The standard InChI is InChI=1S/C35H39N3O8/c1-22-30(19-37-15-14-28(40)18-37)45-34(46-32(22)25-12-10-23(20-39)11-13-25)26-8-5-9-27(16-26)38-31(41)17-29(33(38)42)36-35(43)44-21-24-6-3-2-4-7-24/h2-13,16,22,28-30,32,34,39-40H,14-15,17-21H2,1H3,(H,36,43)/t22-,28+,29?,30+,32+,34+/m1/s1. The first-order valence-corrected chi connectivity index (χ1v) is 15.6. The number of carbonyl (C=O) groups is 3. The number of β-amino-alcohol motifs (C(OH)–C–C–N with tert-alkyl or cyclic N) is 1. The van der Waals surface area contributed by atoms with Crippen LogP contribution in [0, 0.1) is 5.92 Å². The fraction of sp³-hybridized carbons (Fsp3) is 0.400. The number of nitrogens with zero attached hydrogens (tertiary/aromatic N) is 2. The summed E-state index contributed by atoms with van der Waals surface area (Å²) in [6, 6.07) is 22.7. The Morgan fingerprint density at radius 3 is 2.48 bits per heavy atom. The molecular weight excluding hydrogens is 590 g/mol. The lowest BCUT2D eigenvalue weighted by Crippen LogP contribution is -2.44. The minimum absolute atomic E-state index is 0.0348. The molecule has 6 atom stereocenters. The van der Waals surface area contributed by atoms with E-state index >= 15 is 0 Å². The van der Waals surface area contributed by atoms with Crippen molar-refractivity contribution in [2.24, 2.45) is 5.92 Å². The molecule has 3 heterocycles. The molecule has 0 aliphatic carbocycles. The zero-order chi connectivity index (χ0) is 32.2. The highest BCUT2D eigenvalue weighted by atomic mass is 16.7. The van der Waals surface area contributed by atoms with E-state index in [4.69, 9.17) is 14.2 Å². The van der Waals surface area contributed by atoms with Gasteiger partial charge in [-0.15, -0.1) is 0 Å². The van der Waals surface area contributed by atoms with Gasteiger partial charge in [0.25, 0.3) is 5.91 Å². The van der Waals surface area contributed by atoms with Crippen LogP contribution in [0.25, 0.3) is 0 Å². The van der Waals surface area contributed by atoms with Crippen LogP contribution < -0.4 is 10.2 Å². The van der Waals surface area contributed by atoms with E-state index in [-0.39, 0.29) is 43.9 Å². The lowest BCUT2D eigenvalue weighted by atomic mass is 9.90. The molecule has 0 radical (unpaired) electrons. The van der Waals surface area contributed by atoms with Gasteiger partial charge < -0.3 is 29.7 Å². The summed E-state index contributed by atoms with van der Waals surface area (Å²) in [6.07, 6.45) is -1.98. The number of amides is 3. The van der Waals surface area contributed by atoms with Crippen molar-refractivity contribution in [3.05, 3.63) is 101 Å². The van der Waals surface area contributed by atoms with Crippen molar-refractivity contribution in [3.8, 4) is 0 Å². The molecule has 3 N–H and O–H groups in total. The normalized spacial score (nSPS) is 26.8. The van der Waals surface area contributed by atoms with Crippen LogP contribution >= 0.6 is 0 Å². The summed E-state index contributed by atoms with van der Waals surface area (Å²) < 4.78 is 18.3. The van der Waals surface area contributed by atoms with Gasteiger partial charge in [-0.05, 0) is 35.2 Å². The average Bonchev–Trinajstić information content (AvgIpc) is 3.61. The molecule has 3 amide bonds. The minimum Gasteiger partial charge on any atom is -0.445 e. The van der Waals surface area contributed by atoms with E-state index in [1.165, 1.54) is 0 Å². The van der Waals surface area contributed by atoms with Crippen LogP contribution in [0.15, 0.2) is 78.9 Å².